The first-order valence-electron chi connectivity index (χ1n) is 5.92. The number of carbonyl (C=O) groups excluding carboxylic acids is 1. The van der Waals surface area contributed by atoms with Crippen LogP contribution in [-0.4, -0.2) is 38.7 Å². The van der Waals surface area contributed by atoms with E-state index in [1.165, 1.54) is 0 Å². The van der Waals surface area contributed by atoms with Gasteiger partial charge in [0.2, 0.25) is 10.0 Å². The molecular weight excluding hydrogens is 298 g/mol. The Morgan fingerprint density at radius 3 is 2.55 bits per heavy atom. The van der Waals surface area contributed by atoms with Crippen LogP contribution < -0.4 is 15.8 Å². The second kappa shape index (κ2) is 7.32. The number of nitrogens with one attached hydrogen (secondary N) is 2. The van der Waals surface area contributed by atoms with Gasteiger partial charge in [-0.3, -0.25) is 4.79 Å². The molecule has 110 valence electrons. The van der Waals surface area contributed by atoms with Crippen molar-refractivity contribution in [2.24, 2.45) is 5.73 Å². The zero-order valence-electron chi connectivity index (χ0n) is 11.0. The van der Waals surface area contributed by atoms with Gasteiger partial charge < -0.3 is 11.1 Å². The minimum absolute atomic E-state index is 0.233. The molecule has 0 unspecified atom stereocenters. The summed E-state index contributed by atoms with van der Waals surface area (Å²) in [6.07, 6.45) is 1.60. The van der Waals surface area contributed by atoms with Crippen LogP contribution in [-0.2, 0) is 10.0 Å². The Morgan fingerprint density at radius 1 is 1.30 bits per heavy atom. The Kier molecular flexibility index (Phi) is 6.05. The largest absolute Gasteiger partial charge is 0.389 e. The summed E-state index contributed by atoms with van der Waals surface area (Å²) < 4.78 is 24.0. The van der Waals surface area contributed by atoms with Crippen molar-refractivity contribution in [3.05, 3.63) is 35.4 Å². The molecule has 0 aromatic heterocycles. The fourth-order valence-electron chi connectivity index (χ4n) is 1.46. The molecule has 8 heteroatoms. The van der Waals surface area contributed by atoms with Gasteiger partial charge in [0.15, 0.2) is 0 Å². The summed E-state index contributed by atoms with van der Waals surface area (Å²) in [5.41, 5.74) is 6.59. The van der Waals surface area contributed by atoms with Gasteiger partial charge in [0.05, 0.1) is 6.26 Å². The third-order valence-corrected chi connectivity index (χ3v) is 3.38. The standard InChI is InChI=1S/C12H17N3O3S2/c1-20(17,18)15-7-3-6-14-12(16)10-5-2-4-9(8-10)11(13)19/h2,4-5,8,15H,3,6-7H2,1H3,(H2,13,19)(H,14,16). The summed E-state index contributed by atoms with van der Waals surface area (Å²) in [5, 5.41) is 2.69. The van der Waals surface area contributed by atoms with E-state index in [1.54, 1.807) is 24.3 Å². The predicted octanol–water partition coefficient (Wildman–Crippen LogP) is -0.0101. The third kappa shape index (κ3) is 6.09. The van der Waals surface area contributed by atoms with Gasteiger partial charge in [-0.25, -0.2) is 13.1 Å². The van der Waals surface area contributed by atoms with Crippen molar-refractivity contribution in [3.63, 3.8) is 0 Å². The summed E-state index contributed by atoms with van der Waals surface area (Å²) >= 11 is 4.85. The molecule has 4 N–H and O–H groups in total. The second-order valence-electron chi connectivity index (χ2n) is 4.22. The maximum Gasteiger partial charge on any atom is 0.251 e. The molecule has 0 spiro atoms. The summed E-state index contributed by atoms with van der Waals surface area (Å²) in [7, 11) is -3.18. The molecule has 1 amide bonds. The number of carbonyl (C=O) groups is 1. The average Bonchev–Trinajstić information content (AvgIpc) is 2.37. The molecule has 6 nitrogen and oxygen atoms in total. The van der Waals surface area contributed by atoms with E-state index in [4.69, 9.17) is 18.0 Å². The Hall–Kier alpha value is -1.51. The lowest BCUT2D eigenvalue weighted by molar-refractivity contribution is 0.0953. The van der Waals surface area contributed by atoms with Gasteiger partial charge in [-0.2, -0.15) is 0 Å². The highest BCUT2D eigenvalue weighted by Gasteiger charge is 2.06. The van der Waals surface area contributed by atoms with Crippen LogP contribution in [0.4, 0.5) is 0 Å². The number of amides is 1. The molecule has 0 saturated carbocycles. The molecule has 20 heavy (non-hydrogen) atoms. The summed E-state index contributed by atoms with van der Waals surface area (Å²) in [4.78, 5) is 12.1. The average molecular weight is 315 g/mol. The van der Waals surface area contributed by atoms with Crippen LogP contribution in [0.2, 0.25) is 0 Å². The zero-order valence-corrected chi connectivity index (χ0v) is 12.7. The smallest absolute Gasteiger partial charge is 0.251 e. The van der Waals surface area contributed by atoms with Gasteiger partial charge in [-0.1, -0.05) is 24.4 Å². The molecule has 1 aromatic rings. The maximum atomic E-state index is 11.8. The first kappa shape index (κ1) is 16.5. The fraction of sp³-hybridized carbons (Fsp3) is 0.333. The molecule has 1 aromatic carbocycles. The summed E-state index contributed by atoms with van der Waals surface area (Å²) in [6, 6.07) is 6.71. The van der Waals surface area contributed by atoms with Crippen molar-refractivity contribution in [3.8, 4) is 0 Å². The lowest BCUT2D eigenvalue weighted by Gasteiger charge is -2.07. The van der Waals surface area contributed by atoms with Crippen molar-refractivity contribution in [1.29, 1.82) is 0 Å². The summed E-state index contributed by atoms with van der Waals surface area (Å²) in [6.45, 7) is 0.657. The molecule has 0 aliphatic heterocycles. The van der Waals surface area contributed by atoms with Crippen LogP contribution in [0.15, 0.2) is 24.3 Å². The van der Waals surface area contributed by atoms with Gasteiger partial charge >= 0.3 is 0 Å². The Balaban J connectivity index is 2.43. The predicted molar refractivity (Wildman–Crippen MR) is 82.1 cm³/mol. The van der Waals surface area contributed by atoms with Crippen LogP contribution in [0.25, 0.3) is 0 Å². The van der Waals surface area contributed by atoms with Gasteiger partial charge in [-0.15, -0.1) is 0 Å². The Labute approximate surface area is 123 Å². The lowest BCUT2D eigenvalue weighted by atomic mass is 10.1. The van der Waals surface area contributed by atoms with E-state index in [2.05, 4.69) is 10.0 Å². The van der Waals surface area contributed by atoms with E-state index in [0.717, 1.165) is 6.26 Å². The second-order valence-corrected chi connectivity index (χ2v) is 6.49. The molecular formula is C12H17N3O3S2. The normalized spacial score (nSPS) is 11.1. The van der Waals surface area contributed by atoms with Gasteiger partial charge in [0.1, 0.15) is 4.99 Å². The maximum absolute atomic E-state index is 11.8. The highest BCUT2D eigenvalue weighted by molar-refractivity contribution is 7.88. The van der Waals surface area contributed by atoms with Crippen molar-refractivity contribution in [1.82, 2.24) is 10.0 Å². The number of sulfonamides is 1. The molecule has 0 radical (unpaired) electrons. The van der Waals surface area contributed by atoms with Crippen LogP contribution in [0.1, 0.15) is 22.3 Å². The van der Waals surface area contributed by atoms with Crippen LogP contribution in [0, 0.1) is 0 Å². The number of hydrogen-bond donors (Lipinski definition) is 3. The molecule has 0 aliphatic carbocycles. The lowest BCUT2D eigenvalue weighted by Crippen LogP contribution is -2.29. The number of nitrogens with two attached hydrogens (primary N) is 1. The molecule has 1 rings (SSSR count). The fourth-order valence-corrected chi connectivity index (χ4v) is 2.11. The van der Waals surface area contributed by atoms with E-state index >= 15 is 0 Å². The van der Waals surface area contributed by atoms with Crippen LogP contribution >= 0.6 is 12.2 Å². The van der Waals surface area contributed by atoms with Crippen molar-refractivity contribution in [2.45, 2.75) is 6.42 Å². The molecule has 0 atom stereocenters. The molecule has 0 aliphatic rings. The number of benzene rings is 1. The van der Waals surface area contributed by atoms with Crippen molar-refractivity contribution in [2.75, 3.05) is 19.3 Å². The first-order valence-corrected chi connectivity index (χ1v) is 8.22. The first-order chi connectivity index (χ1) is 9.29. The van der Waals surface area contributed by atoms with Gasteiger partial charge in [0.25, 0.3) is 5.91 Å². The van der Waals surface area contributed by atoms with Crippen molar-refractivity contribution < 1.29 is 13.2 Å². The Bertz CT molecular complexity index is 600. The van der Waals surface area contributed by atoms with E-state index < -0.39 is 10.0 Å². The third-order valence-electron chi connectivity index (χ3n) is 2.41. The van der Waals surface area contributed by atoms with Gasteiger partial charge in [-0.05, 0) is 18.6 Å². The van der Waals surface area contributed by atoms with E-state index in [9.17, 15) is 13.2 Å². The topological polar surface area (TPSA) is 101 Å². The van der Waals surface area contributed by atoms with E-state index in [-0.39, 0.29) is 17.4 Å². The van der Waals surface area contributed by atoms with Gasteiger partial charge in [0, 0.05) is 24.2 Å². The number of thiocarbonyl (C=S) groups is 1. The zero-order chi connectivity index (χ0) is 15.2. The molecule has 0 fully saturated rings. The van der Waals surface area contributed by atoms with E-state index in [1.807, 2.05) is 0 Å². The SMILES string of the molecule is CS(=O)(=O)NCCCNC(=O)c1cccc(C(N)=S)c1. The summed E-state index contributed by atoms with van der Waals surface area (Å²) in [5.74, 6) is -0.248. The minimum Gasteiger partial charge on any atom is -0.389 e. The molecule has 0 bridgehead atoms. The molecule has 0 heterocycles. The van der Waals surface area contributed by atoms with Crippen LogP contribution in [0.3, 0.4) is 0 Å². The quantitative estimate of drug-likeness (QED) is 0.485. The molecule has 0 saturated heterocycles. The highest BCUT2D eigenvalue weighted by Crippen LogP contribution is 2.05. The van der Waals surface area contributed by atoms with Crippen molar-refractivity contribution >= 4 is 33.1 Å². The van der Waals surface area contributed by atoms with Crippen LogP contribution in [0.5, 0.6) is 0 Å². The van der Waals surface area contributed by atoms with E-state index in [0.29, 0.717) is 24.1 Å². The minimum atomic E-state index is -3.18. The highest BCUT2D eigenvalue weighted by atomic mass is 32.2. The number of hydrogen-bond acceptors (Lipinski definition) is 4. The number of rotatable bonds is 7. The Morgan fingerprint density at radius 2 is 1.95 bits per heavy atom. The monoisotopic (exact) mass is 315 g/mol.